The fraction of sp³-hybridized carbons (Fsp3) is 0.339. The molecule has 1 saturated carbocycles. The topological polar surface area (TPSA) is 21.1 Å². The third-order valence-corrected chi connectivity index (χ3v) is 15.8. The van der Waals surface area contributed by atoms with Gasteiger partial charge in [-0.25, -0.2) is 4.98 Å². The molecule has 0 amide bonds. The summed E-state index contributed by atoms with van der Waals surface area (Å²) in [5, 5.41) is 2.72. The molecule has 1 saturated heterocycles. The molecule has 3 nitrogen and oxygen atoms in total. The fourth-order valence-electron chi connectivity index (χ4n) is 13.1. The number of fused-ring (bicyclic) bond motifs is 9. The van der Waals surface area contributed by atoms with Gasteiger partial charge in [0.05, 0.1) is 22.8 Å². The smallest absolute Gasteiger partial charge is 0.138 e. The summed E-state index contributed by atoms with van der Waals surface area (Å²) < 4.78 is 2.47. The van der Waals surface area contributed by atoms with E-state index in [1.807, 2.05) is 0 Å². The molecule has 1 aliphatic heterocycles. The molecule has 0 spiro atoms. The first kappa shape index (κ1) is 35.5. The van der Waals surface area contributed by atoms with Crippen LogP contribution in [-0.2, 0) is 6.42 Å². The molecule has 0 radical (unpaired) electrons. The summed E-state index contributed by atoms with van der Waals surface area (Å²) in [5.41, 5.74) is 12.4. The molecule has 294 valence electrons. The van der Waals surface area contributed by atoms with Crippen LogP contribution >= 0.6 is 0 Å². The van der Waals surface area contributed by atoms with E-state index in [2.05, 4.69) is 175 Å². The molecule has 4 aromatic rings. The van der Waals surface area contributed by atoms with Crippen LogP contribution in [0.2, 0.25) is 0 Å². The summed E-state index contributed by atoms with van der Waals surface area (Å²) in [6.07, 6.45) is 42.4. The van der Waals surface area contributed by atoms with E-state index >= 15 is 0 Å². The molecule has 7 aliphatic carbocycles. The van der Waals surface area contributed by atoms with Crippen LogP contribution in [0.5, 0.6) is 0 Å². The van der Waals surface area contributed by atoms with Crippen LogP contribution in [-0.4, -0.2) is 26.5 Å². The Morgan fingerprint density at radius 2 is 1.53 bits per heavy atom. The van der Waals surface area contributed by atoms with E-state index in [4.69, 9.17) is 4.98 Å². The van der Waals surface area contributed by atoms with Gasteiger partial charge in [0.1, 0.15) is 5.82 Å². The lowest BCUT2D eigenvalue weighted by Gasteiger charge is -2.39. The number of nitrogens with zero attached hydrogens (tertiary/aromatic N) is 3. The molecule has 3 heteroatoms. The SMILES string of the molecule is CC1(C)C2=CC=C(N3C4C=CC(C5C=c6c7c(n(-c8cc(-c9ccccc9)cc(-c9ccccc9)n8)c6=CC5)C=CCC7)=CC4C4C=CCCC43)CC2C2C=CCCC21. The van der Waals surface area contributed by atoms with Crippen LogP contribution in [0.1, 0.15) is 70.1 Å². The highest BCUT2D eigenvalue weighted by atomic mass is 15.2. The molecule has 8 unspecified atom stereocenters. The maximum Gasteiger partial charge on any atom is 0.138 e. The number of rotatable bonds is 5. The number of likely N-dealkylation sites (tertiary alicyclic amines) is 1. The van der Waals surface area contributed by atoms with Gasteiger partial charge >= 0.3 is 0 Å². The zero-order chi connectivity index (χ0) is 39.2. The average Bonchev–Trinajstić information content (AvgIpc) is 3.89. The van der Waals surface area contributed by atoms with E-state index in [0.29, 0.717) is 47.1 Å². The van der Waals surface area contributed by atoms with Crippen molar-refractivity contribution in [2.45, 2.75) is 77.3 Å². The summed E-state index contributed by atoms with van der Waals surface area (Å²) in [6, 6.07) is 27.0. The van der Waals surface area contributed by atoms with Crippen molar-refractivity contribution in [2.24, 2.45) is 40.9 Å². The van der Waals surface area contributed by atoms with Gasteiger partial charge in [-0.3, -0.25) is 4.57 Å². The van der Waals surface area contributed by atoms with Crippen molar-refractivity contribution in [1.82, 2.24) is 14.5 Å². The van der Waals surface area contributed by atoms with Gasteiger partial charge in [0.2, 0.25) is 0 Å². The highest BCUT2D eigenvalue weighted by Crippen LogP contribution is 2.61. The van der Waals surface area contributed by atoms with Crippen molar-refractivity contribution in [3.05, 3.63) is 172 Å². The predicted molar refractivity (Wildman–Crippen MR) is 243 cm³/mol. The molecule has 0 bridgehead atoms. The number of benzene rings is 2. The Kier molecular flexibility index (Phi) is 8.33. The number of hydrogen-bond donors (Lipinski definition) is 0. The lowest BCUT2D eigenvalue weighted by Crippen LogP contribution is -2.39. The monoisotopic (exact) mass is 769 g/mol. The van der Waals surface area contributed by atoms with Gasteiger partial charge in [-0.05, 0) is 121 Å². The van der Waals surface area contributed by atoms with Gasteiger partial charge in [-0.2, -0.15) is 0 Å². The number of allylic oxidation sites excluding steroid dienone is 10. The van der Waals surface area contributed by atoms with Crippen LogP contribution < -0.4 is 10.6 Å². The maximum absolute atomic E-state index is 5.41. The van der Waals surface area contributed by atoms with E-state index < -0.39 is 0 Å². The average molecular weight is 770 g/mol. The predicted octanol–water partition coefficient (Wildman–Crippen LogP) is 11.3. The van der Waals surface area contributed by atoms with Crippen molar-refractivity contribution in [1.29, 1.82) is 0 Å². The molecule has 0 N–H and O–H groups in total. The zero-order valence-electron chi connectivity index (χ0n) is 34.6. The van der Waals surface area contributed by atoms with Crippen molar-refractivity contribution in [2.75, 3.05) is 0 Å². The van der Waals surface area contributed by atoms with E-state index in [9.17, 15) is 0 Å². The number of aromatic nitrogens is 2. The van der Waals surface area contributed by atoms with E-state index in [1.165, 1.54) is 70.6 Å². The summed E-state index contributed by atoms with van der Waals surface area (Å²) >= 11 is 0. The van der Waals surface area contributed by atoms with Gasteiger partial charge in [-0.1, -0.05) is 147 Å². The Balaban J connectivity index is 0.907. The van der Waals surface area contributed by atoms with Crippen LogP contribution in [0.25, 0.3) is 46.4 Å². The fourth-order valence-corrected chi connectivity index (χ4v) is 13.1. The third kappa shape index (κ3) is 5.63. The van der Waals surface area contributed by atoms with Crippen molar-refractivity contribution in [3.63, 3.8) is 0 Å². The Morgan fingerprint density at radius 1 is 0.729 bits per heavy atom. The van der Waals surface area contributed by atoms with E-state index in [1.54, 1.807) is 11.3 Å². The second kappa shape index (κ2) is 13.8. The van der Waals surface area contributed by atoms with Gasteiger partial charge in [0.25, 0.3) is 0 Å². The Bertz CT molecular complexity index is 2640. The second-order valence-electron chi connectivity index (χ2n) is 19.1. The molecule has 8 atom stereocenters. The van der Waals surface area contributed by atoms with Gasteiger partial charge in [0, 0.05) is 40.3 Å². The lowest BCUT2D eigenvalue weighted by molar-refractivity contribution is 0.219. The van der Waals surface area contributed by atoms with Crippen LogP contribution in [0.3, 0.4) is 0 Å². The summed E-state index contributed by atoms with van der Waals surface area (Å²) in [6.45, 7) is 5.06. The van der Waals surface area contributed by atoms with Crippen molar-refractivity contribution < 1.29 is 0 Å². The van der Waals surface area contributed by atoms with Crippen LogP contribution in [0.4, 0.5) is 0 Å². The molecule has 2 aromatic heterocycles. The maximum atomic E-state index is 5.41. The van der Waals surface area contributed by atoms with Crippen molar-refractivity contribution >= 4 is 18.2 Å². The minimum Gasteiger partial charge on any atom is -0.364 e. The van der Waals surface area contributed by atoms with E-state index in [-0.39, 0.29) is 0 Å². The molecular weight excluding hydrogens is 715 g/mol. The van der Waals surface area contributed by atoms with Crippen molar-refractivity contribution in [3.8, 4) is 28.2 Å². The minimum atomic E-state index is 0.297. The normalized spacial score (nSPS) is 30.4. The quantitative estimate of drug-likeness (QED) is 0.189. The molecule has 2 fully saturated rings. The molecule has 12 rings (SSSR count). The first-order chi connectivity index (χ1) is 29.0. The third-order valence-electron chi connectivity index (χ3n) is 15.8. The standard InChI is InChI=1S/C56H55N3/c1-56(2)48-22-12-9-19-42(48)45-35-41(27-28-49(45)56)58-51-23-13-10-20-43(51)46-31-38(25-29-53(46)58)39-26-30-54-47(32-39)44-21-11-14-24-52(44)59(54)55-34-40(36-15-5-3-6-16-36)33-50(57-55)37-17-7-4-8-18-37/h3-10,14-20,24-25,27-34,39,42-43,45-46,48,51,53H,11-13,21-23,26,35H2,1-2H3. The molecular formula is C56H55N3. The van der Waals surface area contributed by atoms with Gasteiger partial charge in [0.15, 0.2) is 0 Å². The lowest BCUT2D eigenvalue weighted by atomic mass is 9.73. The van der Waals surface area contributed by atoms with Gasteiger partial charge in [-0.15, -0.1) is 0 Å². The number of hydrogen-bond acceptors (Lipinski definition) is 2. The summed E-state index contributed by atoms with van der Waals surface area (Å²) in [7, 11) is 0. The highest BCUT2D eigenvalue weighted by molar-refractivity contribution is 5.73. The van der Waals surface area contributed by atoms with Crippen LogP contribution in [0.15, 0.2) is 150 Å². The first-order valence-corrected chi connectivity index (χ1v) is 22.7. The highest BCUT2D eigenvalue weighted by Gasteiger charge is 2.54. The number of pyridine rings is 1. The summed E-state index contributed by atoms with van der Waals surface area (Å²) in [5.74, 6) is 4.54. The largest absolute Gasteiger partial charge is 0.364 e. The second-order valence-corrected chi connectivity index (χ2v) is 19.1. The Hall–Kier alpha value is -5.41. The van der Waals surface area contributed by atoms with E-state index in [0.717, 1.165) is 42.3 Å². The first-order valence-electron chi connectivity index (χ1n) is 22.7. The van der Waals surface area contributed by atoms with Crippen LogP contribution in [0, 0.1) is 40.9 Å². The molecule has 59 heavy (non-hydrogen) atoms. The zero-order valence-corrected chi connectivity index (χ0v) is 34.6. The van der Waals surface area contributed by atoms with Gasteiger partial charge < -0.3 is 4.90 Å². The molecule has 3 heterocycles. The minimum absolute atomic E-state index is 0.297. The molecule has 8 aliphatic rings. The summed E-state index contributed by atoms with van der Waals surface area (Å²) in [4.78, 5) is 8.33. The molecule has 2 aromatic carbocycles. The Morgan fingerprint density at radius 3 is 2.37 bits per heavy atom. The Labute approximate surface area is 350 Å².